The van der Waals surface area contributed by atoms with Crippen LogP contribution in [-0.2, 0) is 0 Å². The summed E-state index contributed by atoms with van der Waals surface area (Å²) in [5.41, 5.74) is 1.07. The Hall–Kier alpha value is -1.63. The van der Waals surface area contributed by atoms with Gasteiger partial charge in [0.05, 0.1) is 7.59 Å². The Balaban J connectivity index is 3.12. The average molecular weight is 285 g/mol. The Morgan fingerprint density at radius 2 is 1.42 bits per heavy atom. The third-order valence-corrected chi connectivity index (χ3v) is 21.7. The first-order valence-corrected chi connectivity index (χ1v) is 13.8. The molecule has 0 fully saturated rings. The summed E-state index contributed by atoms with van der Waals surface area (Å²) >= 11 is 0. The maximum atomic E-state index is 8.75. The van der Waals surface area contributed by atoms with E-state index in [-0.39, 0.29) is 5.57 Å². The van der Waals surface area contributed by atoms with Gasteiger partial charge in [-0.3, -0.25) is 0 Å². The molecule has 1 rings (SSSR count). The highest BCUT2D eigenvalue weighted by atomic mass is 29.3. The zero-order valence-corrected chi connectivity index (χ0v) is 14.3. The summed E-state index contributed by atoms with van der Waals surface area (Å²) in [6.07, 6.45) is 1.63. The van der Waals surface area contributed by atoms with E-state index in [1.807, 2.05) is 24.3 Å². The molecule has 0 saturated heterocycles. The lowest BCUT2D eigenvalue weighted by atomic mass is 10.1. The van der Waals surface area contributed by atoms with E-state index >= 15 is 0 Å². The molecule has 0 amide bonds. The van der Waals surface area contributed by atoms with Gasteiger partial charge in [0.15, 0.2) is 0 Å². The van der Waals surface area contributed by atoms with Crippen molar-refractivity contribution in [3.63, 3.8) is 0 Å². The molecule has 19 heavy (non-hydrogen) atoms. The first-order valence-electron chi connectivity index (χ1n) is 6.35. The number of benzene rings is 1. The Morgan fingerprint density at radius 1 is 0.947 bits per heavy atom. The highest BCUT2D eigenvalue weighted by Crippen LogP contribution is 2.19. The third kappa shape index (κ3) is 3.44. The van der Waals surface area contributed by atoms with Gasteiger partial charge >= 0.3 is 0 Å². The van der Waals surface area contributed by atoms with E-state index < -0.39 is 15.2 Å². The van der Waals surface area contributed by atoms with Gasteiger partial charge in [-0.25, -0.2) is 0 Å². The van der Waals surface area contributed by atoms with Gasteiger partial charge in [-0.2, -0.15) is 10.5 Å². The highest BCUT2D eigenvalue weighted by molar-refractivity contribution is 7.45. The van der Waals surface area contributed by atoms with Crippen LogP contribution in [0.2, 0.25) is 32.7 Å². The molecule has 2 nitrogen and oxygen atoms in total. The maximum absolute atomic E-state index is 8.75. The van der Waals surface area contributed by atoms with Crippen molar-refractivity contribution in [2.24, 2.45) is 0 Å². The van der Waals surface area contributed by atoms with Crippen LogP contribution in [0.4, 0.5) is 0 Å². The minimum Gasteiger partial charge on any atom is -0.192 e. The average Bonchev–Trinajstić information content (AvgIpc) is 2.35. The summed E-state index contributed by atoms with van der Waals surface area (Å²) in [7, 11) is -2.54. The van der Waals surface area contributed by atoms with Crippen molar-refractivity contribution in [1.29, 1.82) is 10.5 Å². The number of nitrogens with zero attached hydrogens (tertiary/aromatic N) is 2. The number of hydrogen-bond donors (Lipinski definition) is 0. The fraction of sp³-hybridized carbons (Fsp3) is 0.333. The van der Waals surface area contributed by atoms with Crippen LogP contribution >= 0.6 is 0 Å². The summed E-state index contributed by atoms with van der Waals surface area (Å²) in [6, 6.07) is 12.1. The van der Waals surface area contributed by atoms with Crippen molar-refractivity contribution >= 4 is 26.4 Å². The molecule has 0 heterocycles. The molecular weight excluding hydrogens is 264 g/mol. The lowest BCUT2D eigenvalue weighted by Crippen LogP contribution is -2.61. The molecule has 0 unspecified atom stereocenters. The molecule has 0 bridgehead atoms. The molecule has 0 radical (unpaired) electrons. The van der Waals surface area contributed by atoms with Crippen LogP contribution < -0.4 is 5.19 Å². The number of rotatable bonds is 3. The normalized spacial score (nSPS) is 11.3. The second-order valence-corrected chi connectivity index (χ2v) is 22.9. The van der Waals surface area contributed by atoms with Crippen LogP contribution in [-0.4, -0.2) is 15.2 Å². The van der Waals surface area contributed by atoms with Crippen molar-refractivity contribution in [3.05, 3.63) is 35.4 Å². The largest absolute Gasteiger partial charge is 0.192 e. The standard InChI is InChI=1S/C15H20N2Si2/c1-18(2,3)19(4,5)15-8-6-13(7-9-15)10-14(11-16)12-17/h6-10H,1-5H3. The van der Waals surface area contributed by atoms with Gasteiger partial charge < -0.3 is 0 Å². The predicted molar refractivity (Wildman–Crippen MR) is 86.1 cm³/mol. The fourth-order valence-electron chi connectivity index (χ4n) is 1.69. The van der Waals surface area contributed by atoms with Gasteiger partial charge in [0.2, 0.25) is 0 Å². The molecule has 0 aliphatic carbocycles. The second kappa shape index (κ2) is 5.56. The van der Waals surface area contributed by atoms with E-state index in [4.69, 9.17) is 10.5 Å². The Bertz CT molecular complexity index is 548. The first-order chi connectivity index (χ1) is 8.72. The van der Waals surface area contributed by atoms with E-state index in [1.165, 1.54) is 5.19 Å². The fourth-order valence-corrected chi connectivity index (χ4v) is 6.65. The zero-order valence-electron chi connectivity index (χ0n) is 12.3. The summed E-state index contributed by atoms with van der Waals surface area (Å²) in [5, 5.41) is 19.0. The van der Waals surface area contributed by atoms with Crippen molar-refractivity contribution in [2.75, 3.05) is 0 Å². The van der Waals surface area contributed by atoms with Gasteiger partial charge in [-0.05, 0) is 11.6 Å². The van der Waals surface area contributed by atoms with Crippen LogP contribution in [0.25, 0.3) is 6.08 Å². The molecule has 98 valence electrons. The third-order valence-electron chi connectivity index (χ3n) is 4.06. The van der Waals surface area contributed by atoms with E-state index in [1.54, 1.807) is 6.08 Å². The zero-order chi connectivity index (χ0) is 14.7. The molecule has 4 heteroatoms. The number of allylic oxidation sites excluding steroid dienone is 1. The van der Waals surface area contributed by atoms with E-state index in [0.29, 0.717) is 0 Å². The van der Waals surface area contributed by atoms with Crippen LogP contribution in [0, 0.1) is 22.7 Å². The van der Waals surface area contributed by atoms with Gasteiger partial charge in [0.1, 0.15) is 17.7 Å². The molecular formula is C15H20N2Si2. The number of hydrogen-bond acceptors (Lipinski definition) is 2. The molecule has 0 aliphatic rings. The van der Waals surface area contributed by atoms with Crippen LogP contribution in [0.3, 0.4) is 0 Å². The van der Waals surface area contributed by atoms with Crippen molar-refractivity contribution < 1.29 is 0 Å². The van der Waals surface area contributed by atoms with Gasteiger partial charge in [-0.1, -0.05) is 62.2 Å². The predicted octanol–water partition coefficient (Wildman–Crippen LogP) is 3.45. The van der Waals surface area contributed by atoms with Gasteiger partial charge in [0, 0.05) is 7.59 Å². The van der Waals surface area contributed by atoms with Crippen molar-refractivity contribution in [2.45, 2.75) is 32.7 Å². The molecule has 0 spiro atoms. The molecule has 0 aliphatic heterocycles. The van der Waals surface area contributed by atoms with E-state index in [2.05, 4.69) is 44.9 Å². The van der Waals surface area contributed by atoms with Crippen LogP contribution in [0.1, 0.15) is 5.56 Å². The maximum Gasteiger partial charge on any atom is 0.130 e. The van der Waals surface area contributed by atoms with E-state index in [0.717, 1.165) is 5.56 Å². The summed E-state index contributed by atoms with van der Waals surface area (Å²) in [4.78, 5) is 0. The Morgan fingerprint density at radius 3 is 1.79 bits per heavy atom. The molecule has 1 aromatic rings. The summed E-state index contributed by atoms with van der Waals surface area (Å²) in [5.74, 6) is 0. The van der Waals surface area contributed by atoms with Gasteiger partial charge in [-0.15, -0.1) is 0 Å². The minimum atomic E-state index is -1.37. The monoisotopic (exact) mass is 284 g/mol. The SMILES string of the molecule is C[Si](C)(C)[Si](C)(C)c1ccc(C=C(C#N)C#N)cc1. The van der Waals surface area contributed by atoms with Crippen LogP contribution in [0.5, 0.6) is 0 Å². The second-order valence-electron chi connectivity index (χ2n) is 6.28. The van der Waals surface area contributed by atoms with Gasteiger partial charge in [0.25, 0.3) is 0 Å². The summed E-state index contributed by atoms with van der Waals surface area (Å²) < 4.78 is 0. The first kappa shape index (κ1) is 15.4. The number of nitriles is 2. The minimum absolute atomic E-state index is 0.148. The molecule has 0 N–H and O–H groups in total. The summed E-state index contributed by atoms with van der Waals surface area (Å²) in [6.45, 7) is 12.1. The lowest BCUT2D eigenvalue weighted by Gasteiger charge is -2.35. The molecule has 1 aromatic carbocycles. The quantitative estimate of drug-likeness (QED) is 0.630. The van der Waals surface area contributed by atoms with Crippen molar-refractivity contribution in [1.82, 2.24) is 0 Å². The molecule has 0 saturated carbocycles. The van der Waals surface area contributed by atoms with E-state index in [9.17, 15) is 0 Å². The van der Waals surface area contributed by atoms with Crippen LogP contribution in [0.15, 0.2) is 29.8 Å². The van der Waals surface area contributed by atoms with Crippen molar-refractivity contribution in [3.8, 4) is 12.1 Å². The molecule has 0 aromatic heterocycles. The Kier molecular flexibility index (Phi) is 4.52. The molecule has 0 atom stereocenters. The topological polar surface area (TPSA) is 47.6 Å². The highest BCUT2D eigenvalue weighted by Gasteiger charge is 2.37. The smallest absolute Gasteiger partial charge is 0.130 e. The Labute approximate surface area is 117 Å². The lowest BCUT2D eigenvalue weighted by molar-refractivity contribution is 1.47.